The number of amides is 1. The van der Waals surface area contributed by atoms with Gasteiger partial charge in [-0.2, -0.15) is 0 Å². The predicted molar refractivity (Wildman–Crippen MR) is 127 cm³/mol. The summed E-state index contributed by atoms with van der Waals surface area (Å²) in [6.07, 6.45) is 1.72. The number of hydrogen-bond donors (Lipinski definition) is 2. The van der Waals surface area contributed by atoms with Crippen LogP contribution in [0.1, 0.15) is 17.0 Å². The largest absolute Gasteiger partial charge is 0.450 e. The van der Waals surface area contributed by atoms with Crippen LogP contribution in [0.5, 0.6) is 11.5 Å². The first-order valence-electron chi connectivity index (χ1n) is 9.88. The molecule has 34 heavy (non-hydrogen) atoms. The Hall–Kier alpha value is -4.58. The number of nitrogens with one attached hydrogen (secondary N) is 2. The van der Waals surface area contributed by atoms with Crippen molar-refractivity contribution in [2.24, 2.45) is 0 Å². The molecular weight excluding hydrogens is 462 g/mol. The molecule has 1 aromatic heterocycles. The number of benzene rings is 2. The van der Waals surface area contributed by atoms with Crippen LogP contribution < -0.4 is 15.4 Å². The second-order valence-electron chi connectivity index (χ2n) is 7.39. The Morgan fingerprint density at radius 2 is 1.71 bits per heavy atom. The molecule has 2 heterocycles. The molecule has 1 saturated heterocycles. The second-order valence-corrected chi connectivity index (χ2v) is 7.80. The lowest BCUT2D eigenvalue weighted by Crippen LogP contribution is -2.21. The maximum absolute atomic E-state index is 11.9. The Balaban J connectivity index is 1.61. The molecule has 1 aliphatic heterocycles. The number of thiocarbonyl (C=S) groups is 1. The van der Waals surface area contributed by atoms with Gasteiger partial charge >= 0.3 is 5.69 Å². The average Bonchev–Trinajstić information content (AvgIpc) is 3.25. The number of ether oxygens (including phenoxy) is 1. The summed E-state index contributed by atoms with van der Waals surface area (Å²) < 4.78 is 7.61. The van der Waals surface area contributed by atoms with E-state index < -0.39 is 21.2 Å². The van der Waals surface area contributed by atoms with E-state index >= 15 is 0 Å². The zero-order valence-electron chi connectivity index (χ0n) is 17.9. The van der Waals surface area contributed by atoms with Crippen molar-refractivity contribution in [3.05, 3.63) is 91.4 Å². The van der Waals surface area contributed by atoms with E-state index in [-0.39, 0.29) is 16.8 Å². The van der Waals surface area contributed by atoms with Crippen LogP contribution in [0.3, 0.4) is 0 Å². The maximum atomic E-state index is 11.9. The number of aryl methyl sites for hydroxylation is 1. The lowest BCUT2D eigenvalue weighted by Gasteiger charge is -2.11. The van der Waals surface area contributed by atoms with Crippen LogP contribution in [0.25, 0.3) is 11.8 Å². The molecule has 0 atom stereocenters. The molecule has 1 fully saturated rings. The van der Waals surface area contributed by atoms with E-state index in [4.69, 9.17) is 17.0 Å². The molecule has 2 aromatic carbocycles. The summed E-state index contributed by atoms with van der Waals surface area (Å²) in [7, 11) is 0. The maximum Gasteiger partial charge on any atom is 0.318 e. The van der Waals surface area contributed by atoms with Gasteiger partial charge in [0.05, 0.1) is 15.9 Å². The Morgan fingerprint density at radius 3 is 2.29 bits per heavy atom. The molecule has 0 spiro atoms. The fourth-order valence-corrected chi connectivity index (χ4v) is 3.81. The summed E-state index contributed by atoms with van der Waals surface area (Å²) in [6, 6.07) is 12.0. The smallest absolute Gasteiger partial charge is 0.318 e. The molecule has 0 saturated carbocycles. The van der Waals surface area contributed by atoms with Gasteiger partial charge in [-0.25, -0.2) is 0 Å². The molecule has 0 unspecified atom stereocenters. The molecular formula is C22H17N5O6S. The normalized spacial score (nSPS) is 14.1. The molecule has 0 bridgehead atoms. The summed E-state index contributed by atoms with van der Waals surface area (Å²) in [6.45, 7) is 3.83. The molecule has 172 valence electrons. The molecule has 4 rings (SSSR count). The number of rotatable bonds is 6. The first-order chi connectivity index (χ1) is 16.1. The molecule has 12 heteroatoms. The summed E-state index contributed by atoms with van der Waals surface area (Å²) in [5.74, 6) is -0.0756. The van der Waals surface area contributed by atoms with Gasteiger partial charge in [-0.15, -0.1) is 0 Å². The number of nitro benzene ring substituents is 2. The minimum absolute atomic E-state index is 0.106. The van der Waals surface area contributed by atoms with Crippen LogP contribution in [0.2, 0.25) is 0 Å². The highest BCUT2D eigenvalue weighted by Crippen LogP contribution is 2.35. The molecule has 2 N–H and O–H groups in total. The van der Waals surface area contributed by atoms with Crippen molar-refractivity contribution in [2.45, 2.75) is 13.8 Å². The Morgan fingerprint density at radius 1 is 1.00 bits per heavy atom. The Bertz CT molecular complexity index is 1390. The predicted octanol–water partition coefficient (Wildman–Crippen LogP) is 4.05. The number of non-ortho nitro benzene ring substituents is 1. The number of nitro groups is 2. The van der Waals surface area contributed by atoms with Crippen LogP contribution >= 0.6 is 12.2 Å². The molecule has 1 aliphatic rings. The molecule has 0 aliphatic carbocycles. The zero-order chi connectivity index (χ0) is 24.6. The van der Waals surface area contributed by atoms with Gasteiger partial charge in [-0.3, -0.25) is 30.3 Å². The van der Waals surface area contributed by atoms with Crippen LogP contribution in [-0.2, 0) is 4.79 Å². The fraction of sp³-hybridized carbons (Fsp3) is 0.0909. The van der Waals surface area contributed by atoms with Gasteiger partial charge in [0.15, 0.2) is 5.11 Å². The second kappa shape index (κ2) is 8.75. The van der Waals surface area contributed by atoms with Crippen molar-refractivity contribution in [2.75, 3.05) is 0 Å². The van der Waals surface area contributed by atoms with E-state index in [0.717, 1.165) is 34.8 Å². The van der Waals surface area contributed by atoms with Gasteiger partial charge in [0.1, 0.15) is 11.4 Å². The molecule has 3 aromatic rings. The van der Waals surface area contributed by atoms with Crippen LogP contribution in [0, 0.1) is 34.1 Å². The van der Waals surface area contributed by atoms with Gasteiger partial charge in [0.2, 0.25) is 5.75 Å². The topological polar surface area (TPSA) is 142 Å². The summed E-state index contributed by atoms with van der Waals surface area (Å²) in [5.41, 5.74) is 2.91. The first-order valence-corrected chi connectivity index (χ1v) is 10.3. The van der Waals surface area contributed by atoms with E-state index in [2.05, 4.69) is 10.6 Å². The quantitative estimate of drug-likeness (QED) is 0.233. The lowest BCUT2D eigenvalue weighted by atomic mass is 10.2. The number of nitrogens with zero attached hydrogens (tertiary/aromatic N) is 3. The first kappa shape index (κ1) is 22.6. The number of carbonyl (C=O) groups is 1. The lowest BCUT2D eigenvalue weighted by molar-refractivity contribution is -0.394. The monoisotopic (exact) mass is 479 g/mol. The standard InChI is InChI=1S/C22H17N5O6S/c1-12-9-14(10-18-21(28)24-22(34)23-18)13(2)25(12)15-3-6-17(7-4-15)33-20-8-5-16(26(29)30)11-19(20)27(31)32/h3-11H,1-2H3,(H2,23,24,28,34)/b18-10+. The Kier molecular flexibility index (Phi) is 5.82. The summed E-state index contributed by atoms with van der Waals surface area (Å²) in [4.78, 5) is 32.7. The molecule has 1 amide bonds. The highest BCUT2D eigenvalue weighted by atomic mass is 32.1. The van der Waals surface area contributed by atoms with Gasteiger partial charge in [0, 0.05) is 23.1 Å². The van der Waals surface area contributed by atoms with Crippen LogP contribution in [-0.4, -0.2) is 25.4 Å². The van der Waals surface area contributed by atoms with Gasteiger partial charge in [-0.05, 0) is 74.1 Å². The van der Waals surface area contributed by atoms with E-state index in [1.165, 1.54) is 6.07 Å². The van der Waals surface area contributed by atoms with Crippen LogP contribution in [0.4, 0.5) is 11.4 Å². The Labute approximate surface area is 197 Å². The van der Waals surface area contributed by atoms with Crippen molar-refractivity contribution in [1.82, 2.24) is 15.2 Å². The van der Waals surface area contributed by atoms with Crippen molar-refractivity contribution < 1.29 is 19.4 Å². The fourth-order valence-electron chi connectivity index (χ4n) is 3.61. The summed E-state index contributed by atoms with van der Waals surface area (Å²) >= 11 is 4.96. The van der Waals surface area contributed by atoms with E-state index in [1.807, 2.05) is 24.5 Å². The van der Waals surface area contributed by atoms with Crippen LogP contribution in [0.15, 0.2) is 54.2 Å². The highest BCUT2D eigenvalue weighted by Gasteiger charge is 2.22. The molecule has 11 nitrogen and oxygen atoms in total. The van der Waals surface area contributed by atoms with Gasteiger partial charge in [-0.1, -0.05) is 0 Å². The van der Waals surface area contributed by atoms with Crippen molar-refractivity contribution in [3.63, 3.8) is 0 Å². The van der Waals surface area contributed by atoms with E-state index in [0.29, 0.717) is 11.4 Å². The molecule has 0 radical (unpaired) electrons. The van der Waals surface area contributed by atoms with Crippen molar-refractivity contribution in [3.8, 4) is 17.2 Å². The minimum Gasteiger partial charge on any atom is -0.450 e. The van der Waals surface area contributed by atoms with Gasteiger partial charge < -0.3 is 14.6 Å². The highest BCUT2D eigenvalue weighted by molar-refractivity contribution is 7.80. The number of aromatic nitrogens is 1. The zero-order valence-corrected chi connectivity index (χ0v) is 18.7. The van der Waals surface area contributed by atoms with Crippen molar-refractivity contribution in [1.29, 1.82) is 0 Å². The van der Waals surface area contributed by atoms with Gasteiger partial charge in [0.25, 0.3) is 11.6 Å². The minimum atomic E-state index is -0.731. The van der Waals surface area contributed by atoms with Crippen molar-refractivity contribution >= 4 is 40.7 Å². The number of carbonyl (C=O) groups excluding carboxylic acids is 1. The van der Waals surface area contributed by atoms with E-state index in [9.17, 15) is 25.0 Å². The third-order valence-electron chi connectivity index (χ3n) is 5.16. The third-order valence-corrected chi connectivity index (χ3v) is 5.37. The summed E-state index contributed by atoms with van der Waals surface area (Å²) in [5, 5.41) is 27.8. The SMILES string of the molecule is Cc1cc(/C=C2/NC(=S)NC2=O)c(C)n1-c1ccc(Oc2ccc([N+](=O)[O-])cc2[N+](=O)[O-])cc1. The van der Waals surface area contributed by atoms with E-state index in [1.54, 1.807) is 30.3 Å². The number of hydrogen-bond acceptors (Lipinski definition) is 7. The average molecular weight is 479 g/mol. The third kappa shape index (κ3) is 4.34.